The van der Waals surface area contributed by atoms with E-state index in [0.29, 0.717) is 28.4 Å². The molecule has 47 heavy (non-hydrogen) atoms. The maximum atomic E-state index is 13.7. The van der Waals surface area contributed by atoms with E-state index in [2.05, 4.69) is 16.0 Å². The second-order valence-electron chi connectivity index (χ2n) is 10.2. The number of anilines is 2. The van der Waals surface area contributed by atoms with E-state index >= 15 is 0 Å². The predicted molar refractivity (Wildman–Crippen MR) is 187 cm³/mol. The Balaban J connectivity index is 1.33. The van der Waals surface area contributed by atoms with Crippen molar-refractivity contribution < 1.29 is 23.9 Å². The molecule has 0 aromatic heterocycles. The molecular weight excluding hydrogens is 611 g/mol. The van der Waals surface area contributed by atoms with Gasteiger partial charge in [-0.3, -0.25) is 14.4 Å². The minimum atomic E-state index is -0.596. The Morgan fingerprint density at radius 1 is 0.702 bits per heavy atom. The molecule has 5 aromatic rings. The molecule has 1 unspecified atom stereocenters. The third-order valence-electron chi connectivity index (χ3n) is 7.01. The highest BCUT2D eigenvalue weighted by atomic mass is 32.2. The van der Waals surface area contributed by atoms with Gasteiger partial charge in [0.15, 0.2) is 0 Å². The van der Waals surface area contributed by atoms with Gasteiger partial charge in [-0.25, -0.2) is 0 Å². The largest absolute Gasteiger partial charge is 0.497 e. The van der Waals surface area contributed by atoms with Crippen molar-refractivity contribution in [2.24, 2.45) is 0 Å². The van der Waals surface area contributed by atoms with Gasteiger partial charge in [-0.2, -0.15) is 0 Å². The lowest BCUT2D eigenvalue weighted by molar-refractivity contribution is -0.116. The number of ether oxygens (including phenoxy) is 2. The quantitative estimate of drug-likeness (QED) is 0.0956. The molecule has 3 N–H and O–H groups in total. The van der Waals surface area contributed by atoms with Gasteiger partial charge in [0.25, 0.3) is 11.8 Å². The number of nitrogens with one attached hydrogen (secondary N) is 3. The Morgan fingerprint density at radius 3 is 1.98 bits per heavy atom. The summed E-state index contributed by atoms with van der Waals surface area (Å²) in [6.07, 6.45) is 1.63. The average Bonchev–Trinajstić information content (AvgIpc) is 3.12. The van der Waals surface area contributed by atoms with E-state index in [9.17, 15) is 14.4 Å². The molecule has 0 heterocycles. The first-order chi connectivity index (χ1) is 22.9. The van der Waals surface area contributed by atoms with Crippen LogP contribution in [0.1, 0.15) is 26.7 Å². The van der Waals surface area contributed by atoms with Crippen LogP contribution in [0.4, 0.5) is 11.4 Å². The molecule has 5 aromatic carbocycles. The maximum absolute atomic E-state index is 13.7. The van der Waals surface area contributed by atoms with Gasteiger partial charge >= 0.3 is 0 Å². The number of carbonyl (C=O) groups excluding carboxylic acids is 3. The molecule has 0 aliphatic carbocycles. The second kappa shape index (κ2) is 16.0. The van der Waals surface area contributed by atoms with Crippen LogP contribution in [0.3, 0.4) is 0 Å². The molecule has 0 saturated heterocycles. The average molecular weight is 644 g/mol. The van der Waals surface area contributed by atoms with Gasteiger partial charge in [-0.15, -0.1) is 11.8 Å². The molecule has 5 rings (SSSR count). The van der Waals surface area contributed by atoms with Gasteiger partial charge < -0.3 is 25.4 Å². The summed E-state index contributed by atoms with van der Waals surface area (Å²) in [6, 6.07) is 39.8. The topological polar surface area (TPSA) is 106 Å². The minimum absolute atomic E-state index is 0.0947. The number of hydrogen-bond donors (Lipinski definition) is 3. The van der Waals surface area contributed by atoms with E-state index in [1.807, 2.05) is 78.9 Å². The summed E-state index contributed by atoms with van der Waals surface area (Å²) in [5, 5.41) is 8.02. The zero-order valence-corrected chi connectivity index (χ0v) is 26.6. The molecule has 0 aliphatic rings. The minimum Gasteiger partial charge on any atom is -0.497 e. The highest BCUT2D eigenvalue weighted by Gasteiger charge is 2.24. The summed E-state index contributed by atoms with van der Waals surface area (Å²) in [7, 11) is 3.10. The molecule has 0 fully saturated rings. The van der Waals surface area contributed by atoms with Crippen molar-refractivity contribution in [3.63, 3.8) is 0 Å². The highest BCUT2D eigenvalue weighted by molar-refractivity contribution is 8.00. The number of amides is 3. The van der Waals surface area contributed by atoms with Gasteiger partial charge in [-0.05, 0) is 65.7 Å². The molecule has 3 amide bonds. The van der Waals surface area contributed by atoms with Gasteiger partial charge in [0.1, 0.15) is 22.4 Å². The zero-order valence-electron chi connectivity index (χ0n) is 25.8. The fourth-order valence-electron chi connectivity index (χ4n) is 4.62. The summed E-state index contributed by atoms with van der Waals surface area (Å²) in [5.74, 6) is -0.0190. The van der Waals surface area contributed by atoms with E-state index in [-0.39, 0.29) is 11.6 Å². The summed E-state index contributed by atoms with van der Waals surface area (Å²) in [6.45, 7) is 0. The van der Waals surface area contributed by atoms with Crippen molar-refractivity contribution in [1.29, 1.82) is 0 Å². The SMILES string of the molecule is COc1ccc(OC)c(NC(=O)C(Sc2ccc(NC(=O)/C(=C/c3ccccc3)NC(=O)c3ccccc3)cc2)c2ccccc2)c1. The molecular formula is C38H33N3O5S. The van der Waals surface area contributed by atoms with E-state index < -0.39 is 17.1 Å². The lowest BCUT2D eigenvalue weighted by atomic mass is 10.1. The predicted octanol–water partition coefficient (Wildman–Crippen LogP) is 7.59. The Labute approximate surface area is 277 Å². The molecule has 8 nitrogen and oxygen atoms in total. The van der Waals surface area contributed by atoms with Crippen LogP contribution in [-0.4, -0.2) is 31.9 Å². The summed E-state index contributed by atoms with van der Waals surface area (Å²) in [4.78, 5) is 40.8. The fraction of sp³-hybridized carbons (Fsp3) is 0.0789. The Bertz CT molecular complexity index is 1850. The Morgan fingerprint density at radius 2 is 1.34 bits per heavy atom. The normalized spacial score (nSPS) is 11.6. The van der Waals surface area contributed by atoms with Crippen LogP contribution in [0.5, 0.6) is 11.5 Å². The van der Waals surface area contributed by atoms with Gasteiger partial charge in [0, 0.05) is 22.2 Å². The molecule has 9 heteroatoms. The van der Waals surface area contributed by atoms with Crippen LogP contribution in [0.15, 0.2) is 144 Å². The molecule has 1 atom stereocenters. The van der Waals surface area contributed by atoms with Crippen molar-refractivity contribution in [2.75, 3.05) is 24.9 Å². The maximum Gasteiger partial charge on any atom is 0.272 e. The van der Waals surface area contributed by atoms with E-state index in [1.54, 1.807) is 74.9 Å². The lowest BCUT2D eigenvalue weighted by Crippen LogP contribution is -2.30. The summed E-state index contributed by atoms with van der Waals surface area (Å²) in [5.41, 5.74) is 3.12. The number of thioether (sulfide) groups is 1. The zero-order chi connectivity index (χ0) is 33.0. The first-order valence-corrected chi connectivity index (χ1v) is 15.6. The Hall–Kier alpha value is -5.80. The van der Waals surface area contributed by atoms with Crippen molar-refractivity contribution in [3.8, 4) is 11.5 Å². The van der Waals surface area contributed by atoms with Gasteiger partial charge in [-0.1, -0.05) is 78.9 Å². The van der Waals surface area contributed by atoms with E-state index in [0.717, 1.165) is 16.0 Å². The van der Waals surface area contributed by atoms with Crippen molar-refractivity contribution in [2.45, 2.75) is 10.1 Å². The molecule has 0 bridgehead atoms. The number of carbonyl (C=O) groups is 3. The van der Waals surface area contributed by atoms with Crippen LogP contribution < -0.4 is 25.4 Å². The van der Waals surface area contributed by atoms with Crippen LogP contribution in [0, 0.1) is 0 Å². The van der Waals surface area contributed by atoms with Crippen LogP contribution in [-0.2, 0) is 9.59 Å². The van der Waals surface area contributed by atoms with Crippen molar-refractivity contribution in [1.82, 2.24) is 5.32 Å². The van der Waals surface area contributed by atoms with Crippen molar-refractivity contribution >= 4 is 46.9 Å². The molecule has 236 valence electrons. The van der Waals surface area contributed by atoms with Gasteiger partial charge in [0.2, 0.25) is 5.91 Å². The van der Waals surface area contributed by atoms with E-state index in [1.165, 1.54) is 11.8 Å². The smallest absolute Gasteiger partial charge is 0.272 e. The highest BCUT2D eigenvalue weighted by Crippen LogP contribution is 2.38. The van der Waals surface area contributed by atoms with Gasteiger partial charge in [0.05, 0.1) is 19.9 Å². The monoisotopic (exact) mass is 643 g/mol. The number of hydrogen-bond acceptors (Lipinski definition) is 6. The Kier molecular flexibility index (Phi) is 11.1. The summed E-state index contributed by atoms with van der Waals surface area (Å²) < 4.78 is 10.8. The number of benzene rings is 5. The van der Waals surface area contributed by atoms with Crippen molar-refractivity contribution in [3.05, 3.63) is 156 Å². The van der Waals surface area contributed by atoms with Crippen LogP contribution in [0.2, 0.25) is 0 Å². The molecule has 0 radical (unpaired) electrons. The number of rotatable bonds is 12. The first-order valence-electron chi connectivity index (χ1n) is 14.7. The fourth-order valence-corrected chi connectivity index (χ4v) is 5.65. The lowest BCUT2D eigenvalue weighted by Gasteiger charge is -2.19. The second-order valence-corrected chi connectivity index (χ2v) is 11.4. The molecule has 0 aliphatic heterocycles. The van der Waals surface area contributed by atoms with E-state index in [4.69, 9.17) is 9.47 Å². The summed E-state index contributed by atoms with van der Waals surface area (Å²) >= 11 is 1.37. The third kappa shape index (κ3) is 8.90. The van der Waals surface area contributed by atoms with Crippen LogP contribution in [0.25, 0.3) is 6.08 Å². The number of methoxy groups -OCH3 is 2. The standard InChI is InChI=1S/C38H33N3O5S/c1-45-30-20-23-34(46-2)32(25-30)40-38(44)35(27-14-8-4-9-15-27)47-31-21-18-29(19-22-31)39-37(43)33(24-26-12-6-3-7-13-26)41-36(42)28-16-10-5-11-17-28/h3-25,35H,1-2H3,(H,39,43)(H,40,44)(H,41,42)/b33-24-. The molecule has 0 spiro atoms. The van der Waals surface area contributed by atoms with Crippen LogP contribution >= 0.6 is 11.8 Å². The first kappa shape index (κ1) is 32.6. The molecule has 0 saturated carbocycles. The third-order valence-corrected chi connectivity index (χ3v) is 8.28.